The van der Waals surface area contributed by atoms with Crippen LogP contribution in [0, 0.1) is 0 Å². The van der Waals surface area contributed by atoms with Gasteiger partial charge in [0.05, 0.1) is 24.5 Å². The van der Waals surface area contributed by atoms with Crippen LogP contribution in [-0.4, -0.2) is 39.1 Å². The second-order valence-electron chi connectivity index (χ2n) is 8.56. The Hall–Kier alpha value is -4.57. The summed E-state index contributed by atoms with van der Waals surface area (Å²) in [6.07, 6.45) is 4.19. The van der Waals surface area contributed by atoms with Crippen molar-refractivity contribution in [1.82, 2.24) is 25.5 Å². The molecular formula is C27H28N6O4. The summed E-state index contributed by atoms with van der Waals surface area (Å²) in [6.45, 7) is 1.88. The maximum atomic E-state index is 13.0. The number of carbonyl (C=O) groups excluding carboxylic acids is 2. The number of nitrogens with zero attached hydrogens (tertiary/aromatic N) is 2. The van der Waals surface area contributed by atoms with E-state index in [1.807, 2.05) is 36.4 Å². The van der Waals surface area contributed by atoms with Crippen LogP contribution >= 0.6 is 0 Å². The molecule has 190 valence electrons. The third-order valence-electron chi connectivity index (χ3n) is 5.72. The summed E-state index contributed by atoms with van der Waals surface area (Å²) >= 11 is 0. The van der Waals surface area contributed by atoms with Gasteiger partial charge in [-0.2, -0.15) is 5.10 Å². The topological polar surface area (TPSA) is 142 Å². The van der Waals surface area contributed by atoms with Gasteiger partial charge in [0.1, 0.15) is 0 Å². The SMILES string of the molecule is COCc1[nH]nc(C(=O)NCc2cc(NC(C)=O)ccn2)c1Cc1ccc(Cc2ccc[nH]c2=O)cc1. The lowest BCUT2D eigenvalue weighted by Gasteiger charge is -2.09. The Bertz CT molecular complexity index is 1440. The number of pyridine rings is 2. The molecular weight excluding hydrogens is 472 g/mol. The first-order valence-corrected chi connectivity index (χ1v) is 11.7. The van der Waals surface area contributed by atoms with Crippen LogP contribution in [0.25, 0.3) is 0 Å². The number of rotatable bonds is 10. The maximum absolute atomic E-state index is 13.0. The van der Waals surface area contributed by atoms with Crippen LogP contribution in [0.2, 0.25) is 0 Å². The van der Waals surface area contributed by atoms with E-state index in [0.29, 0.717) is 29.8 Å². The predicted octanol–water partition coefficient (Wildman–Crippen LogP) is 2.71. The number of aromatic nitrogens is 4. The lowest BCUT2D eigenvalue weighted by atomic mass is 9.99. The zero-order chi connectivity index (χ0) is 26.2. The van der Waals surface area contributed by atoms with Gasteiger partial charge in [-0.1, -0.05) is 30.3 Å². The molecule has 10 heteroatoms. The number of carbonyl (C=O) groups is 2. The minimum Gasteiger partial charge on any atom is -0.378 e. The third-order valence-corrected chi connectivity index (χ3v) is 5.72. The summed E-state index contributed by atoms with van der Waals surface area (Å²) < 4.78 is 5.29. The molecule has 0 saturated heterocycles. The van der Waals surface area contributed by atoms with Crippen molar-refractivity contribution in [3.05, 3.63) is 111 Å². The fourth-order valence-corrected chi connectivity index (χ4v) is 3.95. The quantitative estimate of drug-likeness (QED) is 0.264. The highest BCUT2D eigenvalue weighted by Gasteiger charge is 2.20. The molecule has 4 rings (SSSR count). The van der Waals surface area contributed by atoms with Crippen molar-refractivity contribution in [1.29, 1.82) is 0 Å². The molecule has 0 aliphatic rings. The average Bonchev–Trinajstić information content (AvgIpc) is 3.27. The second kappa shape index (κ2) is 11.9. The van der Waals surface area contributed by atoms with Gasteiger partial charge in [-0.25, -0.2) is 0 Å². The van der Waals surface area contributed by atoms with E-state index < -0.39 is 0 Å². The molecule has 10 nitrogen and oxygen atoms in total. The van der Waals surface area contributed by atoms with E-state index in [1.54, 1.807) is 31.6 Å². The third kappa shape index (κ3) is 6.77. The fourth-order valence-electron chi connectivity index (χ4n) is 3.95. The van der Waals surface area contributed by atoms with E-state index >= 15 is 0 Å². The Morgan fingerprint density at radius 1 is 1.05 bits per heavy atom. The molecule has 37 heavy (non-hydrogen) atoms. The van der Waals surface area contributed by atoms with Gasteiger partial charge < -0.3 is 20.4 Å². The number of anilines is 1. The first-order chi connectivity index (χ1) is 17.9. The molecule has 4 N–H and O–H groups in total. The van der Waals surface area contributed by atoms with Crippen LogP contribution in [0.3, 0.4) is 0 Å². The van der Waals surface area contributed by atoms with E-state index in [0.717, 1.165) is 22.4 Å². The highest BCUT2D eigenvalue weighted by molar-refractivity contribution is 5.94. The first kappa shape index (κ1) is 25.5. The lowest BCUT2D eigenvalue weighted by molar-refractivity contribution is -0.114. The predicted molar refractivity (Wildman–Crippen MR) is 138 cm³/mol. The van der Waals surface area contributed by atoms with Crippen molar-refractivity contribution in [3.8, 4) is 0 Å². The molecule has 2 amide bonds. The van der Waals surface area contributed by atoms with Crippen LogP contribution in [-0.2, 0) is 35.5 Å². The summed E-state index contributed by atoms with van der Waals surface area (Å²) in [5.74, 6) is -0.532. The molecule has 0 radical (unpaired) electrons. The number of aromatic amines is 2. The minimum absolute atomic E-state index is 0.0955. The molecule has 0 bridgehead atoms. The van der Waals surface area contributed by atoms with Gasteiger partial charge >= 0.3 is 0 Å². The molecule has 1 aromatic carbocycles. The Labute approximate surface area is 213 Å². The summed E-state index contributed by atoms with van der Waals surface area (Å²) in [4.78, 5) is 43.2. The van der Waals surface area contributed by atoms with Gasteiger partial charge in [-0.3, -0.25) is 24.5 Å². The van der Waals surface area contributed by atoms with Crippen molar-refractivity contribution in [2.45, 2.75) is 32.9 Å². The lowest BCUT2D eigenvalue weighted by Crippen LogP contribution is -2.25. The van der Waals surface area contributed by atoms with Crippen LogP contribution in [0.15, 0.2) is 65.7 Å². The van der Waals surface area contributed by atoms with Crippen LogP contribution in [0.4, 0.5) is 5.69 Å². The molecule has 0 saturated carbocycles. The summed E-state index contributed by atoms with van der Waals surface area (Å²) in [6, 6.07) is 14.9. The Morgan fingerprint density at radius 2 is 1.81 bits per heavy atom. The van der Waals surface area contributed by atoms with Crippen molar-refractivity contribution in [3.63, 3.8) is 0 Å². The van der Waals surface area contributed by atoms with Crippen LogP contribution in [0.1, 0.15) is 51.1 Å². The summed E-state index contributed by atoms with van der Waals surface area (Å²) in [5, 5.41) is 12.7. The van der Waals surface area contributed by atoms with E-state index in [9.17, 15) is 14.4 Å². The molecule has 3 heterocycles. The smallest absolute Gasteiger partial charge is 0.272 e. The van der Waals surface area contributed by atoms with Crippen LogP contribution < -0.4 is 16.2 Å². The Balaban J connectivity index is 1.47. The standard InChI is InChI=1S/C27H28N6O4/c1-17(34)31-21-9-11-28-22(14-21)15-30-27(36)25-23(24(16-37-2)32-33-25)13-19-7-5-18(6-8-19)12-20-4-3-10-29-26(20)35/h3-11,14H,12-13,15-16H2,1-2H3,(H,29,35)(H,30,36)(H,32,33)(H,28,31,34). The monoisotopic (exact) mass is 500 g/mol. The highest BCUT2D eigenvalue weighted by Crippen LogP contribution is 2.19. The van der Waals surface area contributed by atoms with Crippen molar-refractivity contribution in [2.75, 3.05) is 12.4 Å². The molecule has 0 aliphatic heterocycles. The molecule has 0 atom stereocenters. The summed E-state index contributed by atoms with van der Waals surface area (Å²) in [5.41, 5.74) is 5.55. The number of hydrogen-bond acceptors (Lipinski definition) is 6. The largest absolute Gasteiger partial charge is 0.378 e. The van der Waals surface area contributed by atoms with Gasteiger partial charge in [-0.05, 0) is 29.3 Å². The number of hydrogen-bond donors (Lipinski definition) is 4. The zero-order valence-electron chi connectivity index (χ0n) is 20.6. The number of H-pyrrole nitrogens is 2. The zero-order valence-corrected chi connectivity index (χ0v) is 20.6. The van der Waals surface area contributed by atoms with Gasteiger partial charge in [0.25, 0.3) is 11.5 Å². The molecule has 4 aromatic rings. The average molecular weight is 501 g/mol. The molecule has 0 aliphatic carbocycles. The van der Waals surface area contributed by atoms with E-state index in [1.165, 1.54) is 6.92 Å². The molecule has 0 spiro atoms. The van der Waals surface area contributed by atoms with E-state index in [4.69, 9.17) is 4.74 Å². The maximum Gasteiger partial charge on any atom is 0.272 e. The summed E-state index contributed by atoms with van der Waals surface area (Å²) in [7, 11) is 1.58. The molecule has 3 aromatic heterocycles. The van der Waals surface area contributed by atoms with Gasteiger partial charge in [0.2, 0.25) is 5.91 Å². The first-order valence-electron chi connectivity index (χ1n) is 11.7. The number of nitrogens with one attached hydrogen (secondary N) is 4. The fraction of sp³-hybridized carbons (Fsp3) is 0.222. The number of methoxy groups -OCH3 is 1. The van der Waals surface area contributed by atoms with E-state index in [2.05, 4.69) is 30.8 Å². The number of benzene rings is 1. The van der Waals surface area contributed by atoms with E-state index in [-0.39, 0.29) is 36.2 Å². The number of ether oxygens (including phenoxy) is 1. The normalized spacial score (nSPS) is 10.8. The Kier molecular flexibility index (Phi) is 8.22. The molecule has 0 unspecified atom stereocenters. The van der Waals surface area contributed by atoms with Crippen LogP contribution in [0.5, 0.6) is 0 Å². The van der Waals surface area contributed by atoms with Gasteiger partial charge in [0.15, 0.2) is 5.69 Å². The van der Waals surface area contributed by atoms with Gasteiger partial charge in [0, 0.05) is 56.1 Å². The Morgan fingerprint density at radius 3 is 2.51 bits per heavy atom. The van der Waals surface area contributed by atoms with Crippen molar-refractivity contribution in [2.24, 2.45) is 0 Å². The molecule has 0 fully saturated rings. The van der Waals surface area contributed by atoms with Gasteiger partial charge in [-0.15, -0.1) is 0 Å². The second-order valence-corrected chi connectivity index (χ2v) is 8.56. The van der Waals surface area contributed by atoms with Crippen molar-refractivity contribution >= 4 is 17.5 Å². The minimum atomic E-state index is -0.347. The highest BCUT2D eigenvalue weighted by atomic mass is 16.5. The van der Waals surface area contributed by atoms with Crippen molar-refractivity contribution < 1.29 is 14.3 Å². The number of amides is 2.